The standard InChI is InChI=1S/C19H28N4O3/c1-2-26-19(25)23-13-11-22(12-14-23)17-5-3-16(4-6-17)21-18(24)15-7-9-20-10-8-15/h3-6,15,20H,2,7-14H2,1H3,(H,21,24). The van der Waals surface area contributed by atoms with Gasteiger partial charge in [-0.3, -0.25) is 4.79 Å². The van der Waals surface area contributed by atoms with Crippen molar-refractivity contribution in [3.05, 3.63) is 24.3 Å². The van der Waals surface area contributed by atoms with Gasteiger partial charge in [-0.15, -0.1) is 0 Å². The van der Waals surface area contributed by atoms with Crippen molar-refractivity contribution in [1.82, 2.24) is 10.2 Å². The number of anilines is 2. The van der Waals surface area contributed by atoms with Gasteiger partial charge in [-0.05, 0) is 57.1 Å². The number of piperidine rings is 1. The predicted molar refractivity (Wildman–Crippen MR) is 101 cm³/mol. The van der Waals surface area contributed by atoms with Crippen molar-refractivity contribution in [1.29, 1.82) is 0 Å². The van der Waals surface area contributed by atoms with E-state index in [0.29, 0.717) is 19.7 Å². The van der Waals surface area contributed by atoms with Gasteiger partial charge in [0.05, 0.1) is 6.61 Å². The van der Waals surface area contributed by atoms with Gasteiger partial charge in [0, 0.05) is 43.5 Å². The summed E-state index contributed by atoms with van der Waals surface area (Å²) in [7, 11) is 0. The molecule has 142 valence electrons. The van der Waals surface area contributed by atoms with Crippen LogP contribution in [-0.4, -0.2) is 62.8 Å². The molecule has 2 N–H and O–H groups in total. The third-order valence-electron chi connectivity index (χ3n) is 5.02. The van der Waals surface area contributed by atoms with Crippen molar-refractivity contribution >= 4 is 23.4 Å². The fourth-order valence-corrected chi connectivity index (χ4v) is 3.45. The first-order chi connectivity index (χ1) is 12.7. The Hall–Kier alpha value is -2.28. The number of carbonyl (C=O) groups is 2. The minimum Gasteiger partial charge on any atom is -0.450 e. The number of carbonyl (C=O) groups excluding carboxylic acids is 2. The summed E-state index contributed by atoms with van der Waals surface area (Å²) in [6, 6.07) is 7.95. The molecule has 1 aromatic rings. The molecule has 2 aliphatic heterocycles. The number of ether oxygens (including phenoxy) is 1. The maximum absolute atomic E-state index is 12.3. The number of amides is 2. The second kappa shape index (κ2) is 8.89. The molecule has 26 heavy (non-hydrogen) atoms. The van der Waals surface area contributed by atoms with E-state index in [0.717, 1.165) is 50.4 Å². The summed E-state index contributed by atoms with van der Waals surface area (Å²) in [5, 5.41) is 6.30. The molecule has 0 bridgehead atoms. The van der Waals surface area contributed by atoms with E-state index in [1.807, 2.05) is 31.2 Å². The Morgan fingerprint density at radius 1 is 1.12 bits per heavy atom. The minimum absolute atomic E-state index is 0.104. The molecular formula is C19H28N4O3. The number of piperazine rings is 1. The molecular weight excluding hydrogens is 332 g/mol. The summed E-state index contributed by atoms with van der Waals surface area (Å²) in [6.07, 6.45) is 1.56. The van der Waals surface area contributed by atoms with Gasteiger partial charge in [0.2, 0.25) is 5.91 Å². The molecule has 2 heterocycles. The summed E-state index contributed by atoms with van der Waals surface area (Å²) in [4.78, 5) is 28.1. The highest BCUT2D eigenvalue weighted by molar-refractivity contribution is 5.92. The summed E-state index contributed by atoms with van der Waals surface area (Å²) < 4.78 is 5.05. The summed E-state index contributed by atoms with van der Waals surface area (Å²) >= 11 is 0. The van der Waals surface area contributed by atoms with Gasteiger partial charge in [0.15, 0.2) is 0 Å². The third-order valence-corrected chi connectivity index (χ3v) is 5.02. The Morgan fingerprint density at radius 3 is 2.38 bits per heavy atom. The van der Waals surface area contributed by atoms with E-state index in [4.69, 9.17) is 4.74 Å². The number of nitrogens with zero attached hydrogens (tertiary/aromatic N) is 2. The topological polar surface area (TPSA) is 73.9 Å². The van der Waals surface area contributed by atoms with E-state index in [1.54, 1.807) is 4.90 Å². The van der Waals surface area contributed by atoms with E-state index in [1.165, 1.54) is 0 Å². The van der Waals surface area contributed by atoms with E-state index < -0.39 is 0 Å². The van der Waals surface area contributed by atoms with Crippen LogP contribution in [0.2, 0.25) is 0 Å². The molecule has 1 aromatic carbocycles. The monoisotopic (exact) mass is 360 g/mol. The highest BCUT2D eigenvalue weighted by Crippen LogP contribution is 2.21. The molecule has 0 saturated carbocycles. The number of hydrogen-bond donors (Lipinski definition) is 2. The molecule has 0 aliphatic carbocycles. The molecule has 2 aliphatic rings. The number of nitrogens with one attached hydrogen (secondary N) is 2. The first-order valence-corrected chi connectivity index (χ1v) is 9.45. The number of hydrogen-bond acceptors (Lipinski definition) is 5. The highest BCUT2D eigenvalue weighted by Gasteiger charge is 2.23. The van der Waals surface area contributed by atoms with Crippen LogP contribution in [0.25, 0.3) is 0 Å². The second-order valence-electron chi connectivity index (χ2n) is 6.73. The van der Waals surface area contributed by atoms with Crippen LogP contribution in [0.3, 0.4) is 0 Å². The normalized spacial score (nSPS) is 18.5. The Morgan fingerprint density at radius 2 is 1.77 bits per heavy atom. The van der Waals surface area contributed by atoms with Crippen molar-refractivity contribution < 1.29 is 14.3 Å². The third kappa shape index (κ3) is 4.66. The molecule has 0 atom stereocenters. The number of rotatable bonds is 4. The van der Waals surface area contributed by atoms with Crippen LogP contribution in [0.5, 0.6) is 0 Å². The van der Waals surface area contributed by atoms with Crippen LogP contribution in [0.4, 0.5) is 16.2 Å². The fraction of sp³-hybridized carbons (Fsp3) is 0.579. The van der Waals surface area contributed by atoms with Crippen molar-refractivity contribution in [3.63, 3.8) is 0 Å². The Balaban J connectivity index is 1.50. The van der Waals surface area contributed by atoms with Gasteiger partial charge in [-0.1, -0.05) is 0 Å². The number of benzene rings is 1. The van der Waals surface area contributed by atoms with Crippen molar-refractivity contribution in [2.24, 2.45) is 5.92 Å². The fourth-order valence-electron chi connectivity index (χ4n) is 3.45. The lowest BCUT2D eigenvalue weighted by atomic mass is 9.97. The van der Waals surface area contributed by atoms with Crippen molar-refractivity contribution in [3.8, 4) is 0 Å². The average Bonchev–Trinajstić information content (AvgIpc) is 2.69. The summed E-state index contributed by atoms with van der Waals surface area (Å²) in [5.74, 6) is 0.217. The van der Waals surface area contributed by atoms with Gasteiger partial charge in [0.1, 0.15) is 0 Å². The van der Waals surface area contributed by atoms with Crippen LogP contribution in [0, 0.1) is 5.92 Å². The largest absolute Gasteiger partial charge is 0.450 e. The van der Waals surface area contributed by atoms with Gasteiger partial charge in [-0.25, -0.2) is 4.79 Å². The van der Waals surface area contributed by atoms with Gasteiger partial charge >= 0.3 is 6.09 Å². The molecule has 7 heteroatoms. The van der Waals surface area contributed by atoms with E-state index in [-0.39, 0.29) is 17.9 Å². The molecule has 0 spiro atoms. The maximum Gasteiger partial charge on any atom is 0.409 e. The molecule has 0 unspecified atom stereocenters. The SMILES string of the molecule is CCOC(=O)N1CCN(c2ccc(NC(=O)C3CCNCC3)cc2)CC1. The Labute approximate surface area is 154 Å². The van der Waals surface area contributed by atoms with Crippen LogP contribution >= 0.6 is 0 Å². The first kappa shape index (κ1) is 18.5. The minimum atomic E-state index is -0.233. The van der Waals surface area contributed by atoms with Crippen LogP contribution in [-0.2, 0) is 9.53 Å². The molecule has 2 amide bonds. The lowest BCUT2D eigenvalue weighted by molar-refractivity contribution is -0.120. The van der Waals surface area contributed by atoms with Crippen LogP contribution < -0.4 is 15.5 Å². The predicted octanol–water partition coefficient (Wildman–Crippen LogP) is 1.90. The van der Waals surface area contributed by atoms with Gasteiger partial charge < -0.3 is 25.2 Å². The van der Waals surface area contributed by atoms with Crippen LogP contribution in [0.15, 0.2) is 24.3 Å². The average molecular weight is 360 g/mol. The van der Waals surface area contributed by atoms with E-state index >= 15 is 0 Å². The Kier molecular flexibility index (Phi) is 6.33. The lowest BCUT2D eigenvalue weighted by Gasteiger charge is -2.35. The molecule has 2 saturated heterocycles. The molecule has 3 rings (SSSR count). The smallest absolute Gasteiger partial charge is 0.409 e. The molecule has 0 radical (unpaired) electrons. The van der Waals surface area contributed by atoms with E-state index in [2.05, 4.69) is 15.5 Å². The van der Waals surface area contributed by atoms with Crippen molar-refractivity contribution in [2.75, 3.05) is 56.1 Å². The zero-order valence-corrected chi connectivity index (χ0v) is 15.4. The quantitative estimate of drug-likeness (QED) is 0.858. The molecule has 0 aromatic heterocycles. The first-order valence-electron chi connectivity index (χ1n) is 9.45. The molecule has 7 nitrogen and oxygen atoms in total. The van der Waals surface area contributed by atoms with Gasteiger partial charge in [-0.2, -0.15) is 0 Å². The van der Waals surface area contributed by atoms with E-state index in [9.17, 15) is 9.59 Å². The maximum atomic E-state index is 12.3. The highest BCUT2D eigenvalue weighted by atomic mass is 16.6. The summed E-state index contributed by atoms with van der Waals surface area (Å²) in [5.41, 5.74) is 1.94. The molecule has 2 fully saturated rings. The van der Waals surface area contributed by atoms with Gasteiger partial charge in [0.25, 0.3) is 0 Å². The lowest BCUT2D eigenvalue weighted by Crippen LogP contribution is -2.49. The summed E-state index contributed by atoms with van der Waals surface area (Å²) in [6.45, 7) is 6.92. The zero-order chi connectivity index (χ0) is 18.4. The van der Waals surface area contributed by atoms with Crippen molar-refractivity contribution in [2.45, 2.75) is 19.8 Å². The zero-order valence-electron chi connectivity index (χ0n) is 15.4. The van der Waals surface area contributed by atoms with Crippen LogP contribution in [0.1, 0.15) is 19.8 Å². The Bertz CT molecular complexity index is 606. The second-order valence-corrected chi connectivity index (χ2v) is 6.73.